The normalized spacial score (nSPS) is 24.7. The van der Waals surface area contributed by atoms with Crippen LogP contribution in [0.3, 0.4) is 0 Å². The maximum Gasteiger partial charge on any atom is 0.245 e. The van der Waals surface area contributed by atoms with Crippen molar-refractivity contribution in [3.63, 3.8) is 0 Å². The van der Waals surface area contributed by atoms with Gasteiger partial charge in [0.15, 0.2) is 0 Å². The third-order valence-electron chi connectivity index (χ3n) is 3.38. The van der Waals surface area contributed by atoms with Gasteiger partial charge < -0.3 is 20.7 Å². The largest absolute Gasteiger partial charge is 0.377 e. The molecule has 0 aromatic rings. The molecule has 0 aromatic heterocycles. The van der Waals surface area contributed by atoms with E-state index < -0.39 is 12.1 Å². The fraction of sp³-hybridized carbons (Fsp3) is 0.692. The van der Waals surface area contributed by atoms with Crippen molar-refractivity contribution in [3.05, 3.63) is 12.7 Å². The van der Waals surface area contributed by atoms with Gasteiger partial charge in [0.25, 0.3) is 0 Å². The van der Waals surface area contributed by atoms with Crippen molar-refractivity contribution in [2.45, 2.75) is 37.4 Å². The molecule has 2 amide bonds. The van der Waals surface area contributed by atoms with Crippen LogP contribution < -0.4 is 11.1 Å². The molecular weight excluding hydrogens is 246 g/mol. The molecule has 2 atom stereocenters. The van der Waals surface area contributed by atoms with Crippen molar-refractivity contribution in [2.75, 3.05) is 19.8 Å². The summed E-state index contributed by atoms with van der Waals surface area (Å²) in [5, 5.41) is 2.91. The summed E-state index contributed by atoms with van der Waals surface area (Å²) in [6.45, 7) is 4.67. The average Bonchev–Trinajstić information content (AvgIpc) is 3.22. The molecule has 0 bridgehead atoms. The van der Waals surface area contributed by atoms with E-state index in [1.807, 2.05) is 0 Å². The number of ether oxygens (including phenoxy) is 1. The van der Waals surface area contributed by atoms with Crippen LogP contribution in [0.2, 0.25) is 0 Å². The summed E-state index contributed by atoms with van der Waals surface area (Å²) in [6.07, 6.45) is 4.06. The van der Waals surface area contributed by atoms with Crippen LogP contribution in [0.1, 0.15) is 19.3 Å². The minimum Gasteiger partial charge on any atom is -0.377 e. The Morgan fingerprint density at radius 3 is 2.89 bits per heavy atom. The molecule has 0 spiro atoms. The summed E-state index contributed by atoms with van der Waals surface area (Å²) in [4.78, 5) is 25.9. The highest BCUT2D eigenvalue weighted by Crippen LogP contribution is 2.20. The van der Waals surface area contributed by atoms with Crippen molar-refractivity contribution >= 4 is 11.8 Å². The lowest BCUT2D eigenvalue weighted by Gasteiger charge is -2.35. The van der Waals surface area contributed by atoms with Gasteiger partial charge in [-0.2, -0.15) is 0 Å². The van der Waals surface area contributed by atoms with E-state index in [-0.39, 0.29) is 24.5 Å². The fourth-order valence-corrected chi connectivity index (χ4v) is 2.10. The van der Waals surface area contributed by atoms with Gasteiger partial charge in [-0.25, -0.2) is 0 Å². The second kappa shape index (κ2) is 6.16. The minimum absolute atomic E-state index is 0.138. The number of nitrogens with one attached hydrogen (secondary N) is 1. The quantitative estimate of drug-likeness (QED) is 0.651. The number of carbonyl (C=O) groups is 2. The monoisotopic (exact) mass is 267 g/mol. The Morgan fingerprint density at radius 1 is 1.53 bits per heavy atom. The van der Waals surface area contributed by atoms with Gasteiger partial charge in [-0.1, -0.05) is 6.08 Å². The van der Waals surface area contributed by atoms with Crippen LogP contribution in [0.4, 0.5) is 0 Å². The average molecular weight is 267 g/mol. The number of nitrogens with zero attached hydrogens (tertiary/aromatic N) is 1. The van der Waals surface area contributed by atoms with Crippen molar-refractivity contribution < 1.29 is 14.3 Å². The lowest BCUT2D eigenvalue weighted by Crippen LogP contribution is -2.59. The van der Waals surface area contributed by atoms with Gasteiger partial charge in [-0.3, -0.25) is 9.59 Å². The molecule has 2 fully saturated rings. The van der Waals surface area contributed by atoms with Gasteiger partial charge >= 0.3 is 0 Å². The molecule has 19 heavy (non-hydrogen) atoms. The molecule has 6 heteroatoms. The number of carbonyl (C=O) groups excluding carboxylic acids is 2. The number of hydrogen-bond acceptors (Lipinski definition) is 4. The first-order chi connectivity index (χ1) is 9.13. The van der Waals surface area contributed by atoms with E-state index in [1.165, 1.54) is 4.90 Å². The highest BCUT2D eigenvalue weighted by Gasteiger charge is 2.36. The first kappa shape index (κ1) is 14.0. The van der Waals surface area contributed by atoms with Gasteiger partial charge in [0.05, 0.1) is 19.3 Å². The Bertz CT molecular complexity index is 368. The van der Waals surface area contributed by atoms with E-state index in [0.29, 0.717) is 19.6 Å². The smallest absolute Gasteiger partial charge is 0.245 e. The summed E-state index contributed by atoms with van der Waals surface area (Å²) in [5.41, 5.74) is 5.80. The summed E-state index contributed by atoms with van der Waals surface area (Å²) in [6, 6.07) is -0.919. The predicted molar refractivity (Wildman–Crippen MR) is 70.3 cm³/mol. The molecule has 2 rings (SSSR count). The number of hydrogen-bond donors (Lipinski definition) is 2. The van der Waals surface area contributed by atoms with Gasteiger partial charge in [-0.05, 0) is 19.3 Å². The molecule has 3 N–H and O–H groups in total. The molecule has 0 aromatic carbocycles. The fourth-order valence-electron chi connectivity index (χ4n) is 2.10. The zero-order chi connectivity index (χ0) is 13.8. The molecule has 106 valence electrons. The summed E-state index contributed by atoms with van der Waals surface area (Å²) in [5.74, 6) is -0.347. The SMILES string of the molecule is C=CCC(N)C(=O)N1CCOCC1C(=O)NC1CC1. The maximum absolute atomic E-state index is 12.2. The topological polar surface area (TPSA) is 84.7 Å². The second-order valence-electron chi connectivity index (χ2n) is 5.04. The Hall–Kier alpha value is -1.40. The number of nitrogens with two attached hydrogens (primary N) is 1. The van der Waals surface area contributed by atoms with E-state index in [4.69, 9.17) is 10.5 Å². The van der Waals surface area contributed by atoms with Crippen molar-refractivity contribution in [1.29, 1.82) is 0 Å². The Kier molecular flexibility index (Phi) is 4.55. The van der Waals surface area contributed by atoms with E-state index >= 15 is 0 Å². The molecule has 2 aliphatic rings. The van der Waals surface area contributed by atoms with E-state index in [0.717, 1.165) is 12.8 Å². The van der Waals surface area contributed by atoms with Crippen molar-refractivity contribution in [1.82, 2.24) is 10.2 Å². The summed E-state index contributed by atoms with van der Waals surface area (Å²) >= 11 is 0. The van der Waals surface area contributed by atoms with Crippen LogP contribution in [-0.4, -0.2) is 54.6 Å². The minimum atomic E-state index is -0.633. The first-order valence-electron chi connectivity index (χ1n) is 6.68. The van der Waals surface area contributed by atoms with E-state index in [2.05, 4.69) is 11.9 Å². The zero-order valence-electron chi connectivity index (χ0n) is 11.0. The second-order valence-corrected chi connectivity index (χ2v) is 5.04. The Balaban J connectivity index is 1.99. The van der Waals surface area contributed by atoms with Crippen LogP contribution >= 0.6 is 0 Å². The van der Waals surface area contributed by atoms with Gasteiger partial charge in [-0.15, -0.1) is 6.58 Å². The molecule has 6 nitrogen and oxygen atoms in total. The van der Waals surface area contributed by atoms with E-state index in [9.17, 15) is 9.59 Å². The van der Waals surface area contributed by atoms with Crippen LogP contribution in [0, 0.1) is 0 Å². The molecule has 1 aliphatic heterocycles. The van der Waals surface area contributed by atoms with Crippen molar-refractivity contribution in [2.24, 2.45) is 5.73 Å². The number of morpholine rings is 1. The van der Waals surface area contributed by atoms with E-state index in [1.54, 1.807) is 6.08 Å². The standard InChI is InChI=1S/C13H21N3O3/c1-2-3-10(14)13(18)16-6-7-19-8-11(16)12(17)15-9-4-5-9/h2,9-11H,1,3-8,14H2,(H,15,17). The van der Waals surface area contributed by atoms with Crippen LogP contribution in [0.25, 0.3) is 0 Å². The lowest BCUT2D eigenvalue weighted by atomic mass is 10.1. The molecule has 1 saturated carbocycles. The van der Waals surface area contributed by atoms with Gasteiger partial charge in [0.1, 0.15) is 6.04 Å². The Morgan fingerprint density at radius 2 is 2.26 bits per heavy atom. The highest BCUT2D eigenvalue weighted by atomic mass is 16.5. The van der Waals surface area contributed by atoms with Gasteiger partial charge in [0.2, 0.25) is 11.8 Å². The Labute approximate surface area is 113 Å². The molecule has 2 unspecified atom stereocenters. The number of amides is 2. The highest BCUT2D eigenvalue weighted by molar-refractivity contribution is 5.90. The molecule has 1 heterocycles. The van der Waals surface area contributed by atoms with Crippen LogP contribution in [-0.2, 0) is 14.3 Å². The van der Waals surface area contributed by atoms with Crippen LogP contribution in [0.5, 0.6) is 0 Å². The molecule has 1 aliphatic carbocycles. The maximum atomic E-state index is 12.2. The zero-order valence-corrected chi connectivity index (χ0v) is 11.0. The van der Waals surface area contributed by atoms with Gasteiger partial charge in [0, 0.05) is 12.6 Å². The summed E-state index contributed by atoms with van der Waals surface area (Å²) < 4.78 is 5.31. The molecular formula is C13H21N3O3. The predicted octanol–water partition coefficient (Wildman–Crippen LogP) is -0.604. The van der Waals surface area contributed by atoms with Crippen molar-refractivity contribution in [3.8, 4) is 0 Å². The molecule has 0 radical (unpaired) electrons. The first-order valence-corrected chi connectivity index (χ1v) is 6.68. The third kappa shape index (κ3) is 3.54. The summed E-state index contributed by atoms with van der Waals surface area (Å²) in [7, 11) is 0. The third-order valence-corrected chi connectivity index (χ3v) is 3.38. The number of rotatable bonds is 5. The molecule has 1 saturated heterocycles. The lowest BCUT2D eigenvalue weighted by molar-refractivity contribution is -0.149. The van der Waals surface area contributed by atoms with Crippen LogP contribution in [0.15, 0.2) is 12.7 Å².